The van der Waals surface area contributed by atoms with Gasteiger partial charge < -0.3 is 15.0 Å². The van der Waals surface area contributed by atoms with Crippen LogP contribution < -0.4 is 5.32 Å². The van der Waals surface area contributed by atoms with Crippen molar-refractivity contribution in [1.29, 1.82) is 0 Å². The van der Waals surface area contributed by atoms with Gasteiger partial charge in [0.2, 0.25) is 5.91 Å². The zero-order valence-corrected chi connectivity index (χ0v) is 11.6. The molecular formula is C15H20N2O2. The Morgan fingerprint density at radius 2 is 2.05 bits per heavy atom. The van der Waals surface area contributed by atoms with Crippen LogP contribution in [0.15, 0.2) is 30.3 Å². The third-order valence-corrected chi connectivity index (χ3v) is 3.04. The molecule has 19 heavy (non-hydrogen) atoms. The topological polar surface area (TPSA) is 54.3 Å². The highest BCUT2D eigenvalue weighted by atomic mass is 16.3. The first-order chi connectivity index (χ1) is 8.87. The Morgan fingerprint density at radius 3 is 2.74 bits per heavy atom. The fourth-order valence-electron chi connectivity index (χ4n) is 2.07. The number of carbonyl (C=O) groups excluding carboxylic acids is 1. The highest BCUT2D eigenvalue weighted by Crippen LogP contribution is 2.18. The van der Waals surface area contributed by atoms with Crippen LogP contribution in [0.2, 0.25) is 0 Å². The molecule has 1 amide bonds. The molecule has 1 heterocycles. The van der Waals surface area contributed by atoms with Gasteiger partial charge in [0.15, 0.2) is 0 Å². The number of hydrogen-bond acceptors (Lipinski definition) is 2. The summed E-state index contributed by atoms with van der Waals surface area (Å²) in [6.07, 6.45) is 0. The number of para-hydroxylation sites is 1. The SMILES string of the molecule is Cc1cc2ccccc2n1CC(=O)NCC(C)(C)O. The van der Waals surface area contributed by atoms with Crippen molar-refractivity contribution in [2.45, 2.75) is 32.9 Å². The number of amides is 1. The number of nitrogens with one attached hydrogen (secondary N) is 1. The van der Waals surface area contributed by atoms with E-state index in [0.717, 1.165) is 16.6 Å². The van der Waals surface area contributed by atoms with Gasteiger partial charge in [-0.2, -0.15) is 0 Å². The average molecular weight is 260 g/mol. The first kappa shape index (κ1) is 13.6. The predicted molar refractivity (Wildman–Crippen MR) is 76.0 cm³/mol. The summed E-state index contributed by atoms with van der Waals surface area (Å²) in [5, 5.41) is 13.5. The number of nitrogens with zero attached hydrogens (tertiary/aromatic N) is 1. The van der Waals surface area contributed by atoms with Crippen LogP contribution >= 0.6 is 0 Å². The third kappa shape index (κ3) is 3.35. The molecule has 0 saturated heterocycles. The van der Waals surface area contributed by atoms with Crippen LogP contribution in [-0.4, -0.2) is 27.7 Å². The minimum Gasteiger partial charge on any atom is -0.389 e. The second kappa shape index (κ2) is 5.05. The summed E-state index contributed by atoms with van der Waals surface area (Å²) in [6.45, 7) is 5.86. The second-order valence-electron chi connectivity index (χ2n) is 5.52. The number of carbonyl (C=O) groups is 1. The lowest BCUT2D eigenvalue weighted by atomic mass is 10.1. The van der Waals surface area contributed by atoms with E-state index in [1.807, 2.05) is 35.8 Å². The van der Waals surface area contributed by atoms with E-state index < -0.39 is 5.60 Å². The van der Waals surface area contributed by atoms with Gasteiger partial charge in [-0.3, -0.25) is 4.79 Å². The molecule has 0 radical (unpaired) electrons. The number of rotatable bonds is 4. The summed E-state index contributed by atoms with van der Waals surface area (Å²) >= 11 is 0. The standard InChI is InChI=1S/C15H20N2O2/c1-11-8-12-6-4-5-7-13(12)17(11)9-14(18)16-10-15(2,3)19/h4-8,19H,9-10H2,1-3H3,(H,16,18). The molecule has 2 rings (SSSR count). The summed E-state index contributed by atoms with van der Waals surface area (Å²) in [5.74, 6) is -0.0911. The largest absolute Gasteiger partial charge is 0.389 e. The molecule has 0 bridgehead atoms. The van der Waals surface area contributed by atoms with Crippen molar-refractivity contribution < 1.29 is 9.90 Å². The van der Waals surface area contributed by atoms with Crippen molar-refractivity contribution in [2.24, 2.45) is 0 Å². The maximum atomic E-state index is 11.9. The number of fused-ring (bicyclic) bond motifs is 1. The highest BCUT2D eigenvalue weighted by molar-refractivity contribution is 5.84. The van der Waals surface area contributed by atoms with E-state index in [1.54, 1.807) is 13.8 Å². The van der Waals surface area contributed by atoms with Crippen LogP contribution in [0.4, 0.5) is 0 Å². The number of hydrogen-bond donors (Lipinski definition) is 2. The quantitative estimate of drug-likeness (QED) is 0.881. The molecule has 0 aliphatic heterocycles. The number of benzene rings is 1. The number of aromatic nitrogens is 1. The van der Waals surface area contributed by atoms with Gasteiger partial charge in [-0.05, 0) is 38.3 Å². The highest BCUT2D eigenvalue weighted by Gasteiger charge is 2.15. The molecular weight excluding hydrogens is 240 g/mol. The Morgan fingerprint density at radius 1 is 1.37 bits per heavy atom. The van der Waals surface area contributed by atoms with E-state index in [4.69, 9.17) is 0 Å². The van der Waals surface area contributed by atoms with Crippen LogP contribution in [0, 0.1) is 6.92 Å². The third-order valence-electron chi connectivity index (χ3n) is 3.04. The van der Waals surface area contributed by atoms with Gasteiger partial charge >= 0.3 is 0 Å². The van der Waals surface area contributed by atoms with Crippen molar-refractivity contribution >= 4 is 16.8 Å². The molecule has 0 spiro atoms. The van der Waals surface area contributed by atoms with Gasteiger partial charge in [0.05, 0.1) is 5.60 Å². The fraction of sp³-hybridized carbons (Fsp3) is 0.400. The predicted octanol–water partition coefficient (Wildman–Crippen LogP) is 1.84. The Kier molecular flexibility index (Phi) is 3.62. The second-order valence-corrected chi connectivity index (χ2v) is 5.52. The van der Waals surface area contributed by atoms with E-state index in [1.165, 1.54) is 0 Å². The van der Waals surface area contributed by atoms with Gasteiger partial charge in [-0.15, -0.1) is 0 Å². The Hall–Kier alpha value is -1.81. The summed E-state index contributed by atoms with van der Waals surface area (Å²) in [7, 11) is 0. The maximum Gasteiger partial charge on any atom is 0.240 e. The van der Waals surface area contributed by atoms with E-state index in [2.05, 4.69) is 11.4 Å². The molecule has 0 aliphatic carbocycles. The number of aryl methyl sites for hydroxylation is 1. The van der Waals surface area contributed by atoms with Crippen LogP contribution in [0.1, 0.15) is 19.5 Å². The van der Waals surface area contributed by atoms with Crippen molar-refractivity contribution in [1.82, 2.24) is 9.88 Å². The molecule has 0 aliphatic rings. The van der Waals surface area contributed by atoms with Crippen molar-refractivity contribution in [3.05, 3.63) is 36.0 Å². The van der Waals surface area contributed by atoms with Gasteiger partial charge in [-0.1, -0.05) is 18.2 Å². The fourth-order valence-corrected chi connectivity index (χ4v) is 2.07. The lowest BCUT2D eigenvalue weighted by molar-refractivity contribution is -0.122. The maximum absolute atomic E-state index is 11.9. The molecule has 2 aromatic rings. The van der Waals surface area contributed by atoms with Gasteiger partial charge in [0.1, 0.15) is 6.54 Å². The van der Waals surface area contributed by atoms with Crippen LogP contribution in [-0.2, 0) is 11.3 Å². The van der Waals surface area contributed by atoms with Gasteiger partial charge in [0.25, 0.3) is 0 Å². The van der Waals surface area contributed by atoms with Crippen LogP contribution in [0.3, 0.4) is 0 Å². The first-order valence-corrected chi connectivity index (χ1v) is 6.41. The molecule has 102 valence electrons. The normalized spacial score (nSPS) is 11.8. The van der Waals surface area contributed by atoms with Crippen LogP contribution in [0.25, 0.3) is 10.9 Å². The minimum atomic E-state index is -0.885. The molecule has 0 saturated carbocycles. The van der Waals surface area contributed by atoms with E-state index in [-0.39, 0.29) is 19.0 Å². The molecule has 0 fully saturated rings. The molecule has 4 nitrogen and oxygen atoms in total. The molecule has 1 aromatic heterocycles. The van der Waals surface area contributed by atoms with Crippen molar-refractivity contribution in [3.8, 4) is 0 Å². The summed E-state index contributed by atoms with van der Waals surface area (Å²) in [6, 6.07) is 10.1. The van der Waals surface area contributed by atoms with E-state index >= 15 is 0 Å². The zero-order valence-electron chi connectivity index (χ0n) is 11.6. The minimum absolute atomic E-state index is 0.0911. The Balaban J connectivity index is 2.13. The first-order valence-electron chi connectivity index (χ1n) is 6.41. The Bertz CT molecular complexity index is 594. The van der Waals surface area contributed by atoms with Gasteiger partial charge in [-0.25, -0.2) is 0 Å². The smallest absolute Gasteiger partial charge is 0.240 e. The summed E-state index contributed by atoms with van der Waals surface area (Å²) < 4.78 is 1.98. The lowest BCUT2D eigenvalue weighted by Crippen LogP contribution is -2.39. The van der Waals surface area contributed by atoms with Crippen molar-refractivity contribution in [2.75, 3.05) is 6.54 Å². The van der Waals surface area contributed by atoms with Gasteiger partial charge in [0, 0.05) is 17.8 Å². The van der Waals surface area contributed by atoms with E-state index in [0.29, 0.717) is 0 Å². The molecule has 2 N–H and O–H groups in total. The molecule has 1 aromatic carbocycles. The lowest BCUT2D eigenvalue weighted by Gasteiger charge is -2.18. The summed E-state index contributed by atoms with van der Waals surface area (Å²) in [4.78, 5) is 11.9. The molecule has 0 unspecified atom stereocenters. The number of aliphatic hydroxyl groups is 1. The van der Waals surface area contributed by atoms with Crippen molar-refractivity contribution in [3.63, 3.8) is 0 Å². The molecule has 4 heteroatoms. The van der Waals surface area contributed by atoms with E-state index in [9.17, 15) is 9.90 Å². The van der Waals surface area contributed by atoms with Crippen LogP contribution in [0.5, 0.6) is 0 Å². The molecule has 0 atom stereocenters. The zero-order chi connectivity index (χ0) is 14.0. The Labute approximate surface area is 113 Å². The summed E-state index contributed by atoms with van der Waals surface area (Å²) in [5.41, 5.74) is 1.22. The monoisotopic (exact) mass is 260 g/mol. The average Bonchev–Trinajstić information content (AvgIpc) is 2.63.